The second kappa shape index (κ2) is 5.84. The Morgan fingerprint density at radius 1 is 1.42 bits per heavy atom. The molecule has 1 aromatic heterocycles. The average molecular weight is 345 g/mol. The van der Waals surface area contributed by atoms with Crippen LogP contribution in [0.3, 0.4) is 0 Å². The number of halogens is 1. The van der Waals surface area contributed by atoms with Crippen molar-refractivity contribution in [1.82, 2.24) is 4.90 Å². The third-order valence-corrected chi connectivity index (χ3v) is 6.19. The fourth-order valence-electron chi connectivity index (χ4n) is 3.46. The maximum Gasteiger partial charge on any atom is 0.0337 e. The van der Waals surface area contributed by atoms with Crippen LogP contribution in [0, 0.1) is 5.41 Å². The quantitative estimate of drug-likeness (QED) is 0.884. The number of rotatable bonds is 4. The lowest BCUT2D eigenvalue weighted by Gasteiger charge is -2.49. The summed E-state index contributed by atoms with van der Waals surface area (Å²) in [4.78, 5) is 3.90. The third kappa shape index (κ3) is 3.60. The van der Waals surface area contributed by atoms with E-state index in [0.29, 0.717) is 5.41 Å². The molecular weight excluding hydrogens is 320 g/mol. The van der Waals surface area contributed by atoms with Crippen LogP contribution >= 0.6 is 27.3 Å². The topological polar surface area (TPSA) is 29.3 Å². The molecule has 1 heterocycles. The molecule has 0 spiro atoms. The molecular formula is C15H25BrN2S. The van der Waals surface area contributed by atoms with Gasteiger partial charge in [-0.25, -0.2) is 0 Å². The van der Waals surface area contributed by atoms with E-state index in [1.165, 1.54) is 35.0 Å². The maximum atomic E-state index is 6.17. The van der Waals surface area contributed by atoms with E-state index in [1.54, 1.807) is 0 Å². The average Bonchev–Trinajstić information content (AvgIpc) is 2.73. The zero-order chi connectivity index (χ0) is 14.1. The number of nitrogens with two attached hydrogens (primary N) is 1. The molecule has 0 radical (unpaired) electrons. The predicted octanol–water partition coefficient (Wildman–Crippen LogP) is 4.24. The highest BCUT2D eigenvalue weighted by atomic mass is 79.9. The molecule has 1 aromatic rings. The number of hydrogen-bond donors (Lipinski definition) is 1. The second-order valence-corrected chi connectivity index (χ2v) is 8.62. The van der Waals surface area contributed by atoms with Crippen molar-refractivity contribution in [3.05, 3.63) is 20.8 Å². The smallest absolute Gasteiger partial charge is 0.0337 e. The van der Waals surface area contributed by atoms with E-state index in [0.717, 1.165) is 13.1 Å². The molecule has 0 aliphatic heterocycles. The molecule has 1 aliphatic carbocycles. The van der Waals surface area contributed by atoms with Gasteiger partial charge in [0.1, 0.15) is 0 Å². The molecule has 1 unspecified atom stereocenters. The lowest BCUT2D eigenvalue weighted by Crippen LogP contribution is -2.55. The van der Waals surface area contributed by atoms with Crippen LogP contribution < -0.4 is 5.73 Å². The zero-order valence-corrected chi connectivity index (χ0v) is 14.6. The van der Waals surface area contributed by atoms with Crippen molar-refractivity contribution in [3.8, 4) is 0 Å². The van der Waals surface area contributed by atoms with Crippen molar-refractivity contribution >= 4 is 27.3 Å². The summed E-state index contributed by atoms with van der Waals surface area (Å²) in [5.74, 6) is 0. The van der Waals surface area contributed by atoms with E-state index in [9.17, 15) is 0 Å². The van der Waals surface area contributed by atoms with Gasteiger partial charge in [-0.05, 0) is 53.7 Å². The lowest BCUT2D eigenvalue weighted by atomic mass is 9.67. The van der Waals surface area contributed by atoms with Crippen LogP contribution in [-0.2, 0) is 6.54 Å². The lowest BCUT2D eigenvalue weighted by molar-refractivity contribution is 0.0229. The van der Waals surface area contributed by atoms with Gasteiger partial charge in [0.25, 0.3) is 0 Å². The monoisotopic (exact) mass is 344 g/mol. The molecule has 1 aliphatic rings. The fraction of sp³-hybridized carbons (Fsp3) is 0.733. The van der Waals surface area contributed by atoms with Crippen LogP contribution in [0.2, 0.25) is 0 Å². The maximum absolute atomic E-state index is 6.17. The predicted molar refractivity (Wildman–Crippen MR) is 87.5 cm³/mol. The SMILES string of the molecule is CN(Cc1cc(Br)cs1)C1(CN)CCCC(C)(C)C1. The molecule has 1 atom stereocenters. The normalized spacial score (nSPS) is 26.8. The minimum absolute atomic E-state index is 0.179. The van der Waals surface area contributed by atoms with E-state index < -0.39 is 0 Å². The molecule has 2 N–H and O–H groups in total. The van der Waals surface area contributed by atoms with Crippen molar-refractivity contribution in [3.63, 3.8) is 0 Å². The van der Waals surface area contributed by atoms with Gasteiger partial charge in [0, 0.05) is 33.4 Å². The minimum atomic E-state index is 0.179. The van der Waals surface area contributed by atoms with E-state index in [4.69, 9.17) is 5.73 Å². The van der Waals surface area contributed by atoms with Gasteiger partial charge in [-0.1, -0.05) is 20.3 Å². The van der Waals surface area contributed by atoms with Gasteiger partial charge in [-0.3, -0.25) is 4.90 Å². The highest BCUT2D eigenvalue weighted by molar-refractivity contribution is 9.10. The van der Waals surface area contributed by atoms with Gasteiger partial charge >= 0.3 is 0 Å². The Labute approximate surface area is 129 Å². The Bertz CT molecular complexity index is 430. The van der Waals surface area contributed by atoms with Crippen molar-refractivity contribution in [2.24, 2.45) is 11.1 Å². The highest BCUT2D eigenvalue weighted by Crippen LogP contribution is 2.43. The highest BCUT2D eigenvalue weighted by Gasteiger charge is 2.41. The summed E-state index contributed by atoms with van der Waals surface area (Å²) >= 11 is 5.36. The van der Waals surface area contributed by atoms with Crippen LogP contribution in [0.5, 0.6) is 0 Å². The van der Waals surface area contributed by atoms with Crippen molar-refractivity contribution < 1.29 is 0 Å². The third-order valence-electron chi connectivity index (χ3n) is 4.51. The fourth-order valence-corrected chi connectivity index (χ4v) is 4.96. The van der Waals surface area contributed by atoms with Crippen LogP contribution in [-0.4, -0.2) is 24.0 Å². The Morgan fingerprint density at radius 2 is 2.16 bits per heavy atom. The first-order valence-corrected chi connectivity index (χ1v) is 8.68. The summed E-state index contributed by atoms with van der Waals surface area (Å²) in [5.41, 5.74) is 6.77. The number of nitrogens with zero attached hydrogens (tertiary/aromatic N) is 1. The summed E-state index contributed by atoms with van der Waals surface area (Å²) in [6.45, 7) is 6.53. The van der Waals surface area contributed by atoms with Gasteiger partial charge in [0.05, 0.1) is 0 Å². The summed E-state index contributed by atoms with van der Waals surface area (Å²) < 4.78 is 1.19. The molecule has 1 fully saturated rings. The first kappa shape index (κ1) is 15.5. The van der Waals surface area contributed by atoms with E-state index in [1.807, 2.05) is 11.3 Å². The first-order chi connectivity index (χ1) is 8.87. The molecule has 19 heavy (non-hydrogen) atoms. The molecule has 0 bridgehead atoms. The molecule has 2 rings (SSSR count). The molecule has 0 aromatic carbocycles. The van der Waals surface area contributed by atoms with Crippen molar-refractivity contribution in [2.75, 3.05) is 13.6 Å². The van der Waals surface area contributed by atoms with Gasteiger partial charge < -0.3 is 5.73 Å². The number of likely N-dealkylation sites (N-methyl/N-ethyl adjacent to an activating group) is 1. The number of hydrogen-bond acceptors (Lipinski definition) is 3. The number of thiophene rings is 1. The van der Waals surface area contributed by atoms with Gasteiger partial charge in [0.15, 0.2) is 0 Å². The van der Waals surface area contributed by atoms with E-state index >= 15 is 0 Å². The summed E-state index contributed by atoms with van der Waals surface area (Å²) in [7, 11) is 2.24. The van der Waals surface area contributed by atoms with Crippen LogP contribution in [0.25, 0.3) is 0 Å². The van der Waals surface area contributed by atoms with E-state index in [2.05, 4.69) is 53.2 Å². The molecule has 108 valence electrons. The van der Waals surface area contributed by atoms with Crippen LogP contribution in [0.4, 0.5) is 0 Å². The Morgan fingerprint density at radius 3 is 2.68 bits per heavy atom. The molecule has 0 amide bonds. The standard InChI is InChI=1S/C15H25BrN2S/c1-14(2)5-4-6-15(10-14,11-17)18(3)8-13-7-12(16)9-19-13/h7,9H,4-6,8,10-11,17H2,1-3H3. The first-order valence-electron chi connectivity index (χ1n) is 7.01. The largest absolute Gasteiger partial charge is 0.329 e. The second-order valence-electron chi connectivity index (χ2n) is 6.71. The summed E-state index contributed by atoms with van der Waals surface area (Å²) in [5, 5.41) is 2.16. The van der Waals surface area contributed by atoms with Gasteiger partial charge in [-0.2, -0.15) is 0 Å². The van der Waals surface area contributed by atoms with Gasteiger partial charge in [0.2, 0.25) is 0 Å². The Balaban J connectivity index is 2.11. The van der Waals surface area contributed by atoms with Crippen molar-refractivity contribution in [1.29, 1.82) is 0 Å². The molecule has 4 heteroatoms. The Hall–Kier alpha value is 0.1000. The molecule has 0 saturated heterocycles. The van der Waals surface area contributed by atoms with Gasteiger partial charge in [-0.15, -0.1) is 11.3 Å². The summed E-state index contributed by atoms with van der Waals surface area (Å²) in [6.07, 6.45) is 5.06. The van der Waals surface area contributed by atoms with Crippen LogP contribution in [0.1, 0.15) is 44.4 Å². The zero-order valence-electron chi connectivity index (χ0n) is 12.2. The molecule has 1 saturated carbocycles. The molecule has 2 nitrogen and oxygen atoms in total. The Kier molecular flexibility index (Phi) is 4.76. The summed E-state index contributed by atoms with van der Waals surface area (Å²) in [6, 6.07) is 2.22. The van der Waals surface area contributed by atoms with E-state index in [-0.39, 0.29) is 5.54 Å². The minimum Gasteiger partial charge on any atom is -0.329 e. The van der Waals surface area contributed by atoms with Crippen LogP contribution in [0.15, 0.2) is 15.9 Å². The van der Waals surface area contributed by atoms with Crippen molar-refractivity contribution in [2.45, 2.75) is 51.6 Å².